The fourth-order valence-electron chi connectivity index (χ4n) is 1.71. The van der Waals surface area contributed by atoms with E-state index in [1.807, 2.05) is 30.5 Å². The molecule has 104 valence electrons. The molecule has 0 fully saturated rings. The number of hydrogen-bond donors (Lipinski definition) is 1. The Labute approximate surface area is 114 Å². The summed E-state index contributed by atoms with van der Waals surface area (Å²) in [6.07, 6.45) is 1.75. The fraction of sp³-hybridized carbons (Fsp3) is 0.750. The van der Waals surface area contributed by atoms with Gasteiger partial charge < -0.3 is 15.4 Å². The van der Waals surface area contributed by atoms with Crippen LogP contribution in [0.15, 0.2) is 6.20 Å². The van der Waals surface area contributed by atoms with Crippen molar-refractivity contribution < 1.29 is 4.74 Å². The Kier molecular flexibility index (Phi) is 6.52. The summed E-state index contributed by atoms with van der Waals surface area (Å²) in [5.74, 6) is 2.75. The first kappa shape index (κ1) is 15.3. The highest BCUT2D eigenvalue weighted by Crippen LogP contribution is 2.25. The van der Waals surface area contributed by atoms with E-state index in [1.54, 1.807) is 13.3 Å². The first-order valence-corrected chi connectivity index (χ1v) is 7.33. The van der Waals surface area contributed by atoms with Crippen molar-refractivity contribution in [3.8, 4) is 5.75 Å². The fourth-order valence-corrected chi connectivity index (χ4v) is 2.35. The van der Waals surface area contributed by atoms with E-state index >= 15 is 0 Å². The molecule has 0 amide bonds. The number of rotatable bonds is 8. The molecule has 0 spiro atoms. The van der Waals surface area contributed by atoms with Gasteiger partial charge in [0.25, 0.3) is 0 Å². The zero-order valence-corrected chi connectivity index (χ0v) is 12.5. The van der Waals surface area contributed by atoms with Crippen LogP contribution in [-0.4, -0.2) is 53.9 Å². The van der Waals surface area contributed by atoms with Crippen LogP contribution in [0.3, 0.4) is 0 Å². The van der Waals surface area contributed by atoms with Crippen molar-refractivity contribution in [2.75, 3.05) is 39.3 Å². The Morgan fingerprint density at radius 1 is 1.56 bits per heavy atom. The van der Waals surface area contributed by atoms with E-state index in [9.17, 15) is 0 Å². The largest absolute Gasteiger partial charge is 0.493 e. The SMILES string of the molecule is CCSCC(N)c1c(OC)cnn1CCN(C)C. The van der Waals surface area contributed by atoms with E-state index in [-0.39, 0.29) is 6.04 Å². The standard InChI is InChI=1S/C12H24N4OS/c1-5-18-9-10(13)12-11(17-4)8-14-16(12)7-6-15(2)3/h8,10H,5-7,9,13H2,1-4H3. The minimum Gasteiger partial charge on any atom is -0.493 e. The molecule has 2 N–H and O–H groups in total. The maximum Gasteiger partial charge on any atom is 0.161 e. The molecule has 0 saturated heterocycles. The lowest BCUT2D eigenvalue weighted by molar-refractivity contribution is 0.362. The lowest BCUT2D eigenvalue weighted by atomic mass is 10.2. The van der Waals surface area contributed by atoms with Crippen LogP contribution in [0.2, 0.25) is 0 Å². The van der Waals surface area contributed by atoms with E-state index in [1.165, 1.54) is 0 Å². The van der Waals surface area contributed by atoms with Crippen molar-refractivity contribution >= 4 is 11.8 Å². The van der Waals surface area contributed by atoms with Crippen LogP contribution in [0.1, 0.15) is 18.7 Å². The Bertz CT molecular complexity index is 354. The minimum atomic E-state index is -0.0328. The van der Waals surface area contributed by atoms with Gasteiger partial charge in [-0.1, -0.05) is 6.92 Å². The molecule has 0 aliphatic heterocycles. The minimum absolute atomic E-state index is 0.0328. The molecule has 1 atom stereocenters. The summed E-state index contributed by atoms with van der Waals surface area (Å²) in [7, 11) is 5.76. The van der Waals surface area contributed by atoms with E-state index in [0.29, 0.717) is 0 Å². The van der Waals surface area contributed by atoms with Crippen molar-refractivity contribution in [2.45, 2.75) is 19.5 Å². The highest BCUT2D eigenvalue weighted by atomic mass is 32.2. The van der Waals surface area contributed by atoms with Crippen molar-refractivity contribution in [3.63, 3.8) is 0 Å². The van der Waals surface area contributed by atoms with Gasteiger partial charge in [-0.05, 0) is 19.8 Å². The predicted octanol–water partition coefficient (Wildman–Crippen LogP) is 1.21. The van der Waals surface area contributed by atoms with Crippen LogP contribution in [0.25, 0.3) is 0 Å². The molecule has 0 radical (unpaired) electrons. The predicted molar refractivity (Wildman–Crippen MR) is 77.3 cm³/mol. The molecule has 0 aromatic carbocycles. The van der Waals surface area contributed by atoms with Crippen molar-refractivity contribution in [1.82, 2.24) is 14.7 Å². The van der Waals surface area contributed by atoms with Crippen LogP contribution in [0.5, 0.6) is 5.75 Å². The molecule has 0 bridgehead atoms. The van der Waals surface area contributed by atoms with Gasteiger partial charge >= 0.3 is 0 Å². The van der Waals surface area contributed by atoms with Crippen LogP contribution in [0, 0.1) is 0 Å². The van der Waals surface area contributed by atoms with Gasteiger partial charge in [-0.3, -0.25) is 4.68 Å². The molecular formula is C12H24N4OS. The van der Waals surface area contributed by atoms with Gasteiger partial charge in [0.05, 0.1) is 31.6 Å². The summed E-state index contributed by atoms with van der Waals surface area (Å²) in [5, 5.41) is 4.36. The van der Waals surface area contributed by atoms with Gasteiger partial charge in [-0.2, -0.15) is 16.9 Å². The number of nitrogens with zero attached hydrogens (tertiary/aromatic N) is 3. The normalized spacial score (nSPS) is 13.0. The first-order chi connectivity index (χ1) is 8.60. The maximum absolute atomic E-state index is 6.23. The lowest BCUT2D eigenvalue weighted by Crippen LogP contribution is -2.24. The van der Waals surface area contributed by atoms with Crippen molar-refractivity contribution in [3.05, 3.63) is 11.9 Å². The molecule has 5 nitrogen and oxygen atoms in total. The number of nitrogens with two attached hydrogens (primary N) is 1. The van der Waals surface area contributed by atoms with Gasteiger partial charge in [-0.15, -0.1) is 0 Å². The smallest absolute Gasteiger partial charge is 0.161 e. The molecule has 0 saturated carbocycles. The summed E-state index contributed by atoms with van der Waals surface area (Å²) < 4.78 is 7.31. The second-order valence-electron chi connectivity index (χ2n) is 4.39. The number of aromatic nitrogens is 2. The monoisotopic (exact) mass is 272 g/mol. The first-order valence-electron chi connectivity index (χ1n) is 6.17. The quantitative estimate of drug-likeness (QED) is 0.771. The molecule has 0 aliphatic rings. The highest BCUT2D eigenvalue weighted by molar-refractivity contribution is 7.99. The molecular weight excluding hydrogens is 248 g/mol. The van der Waals surface area contributed by atoms with Crippen LogP contribution in [0.4, 0.5) is 0 Å². The number of methoxy groups -OCH3 is 1. The van der Waals surface area contributed by atoms with Crippen molar-refractivity contribution in [1.29, 1.82) is 0 Å². The molecule has 1 rings (SSSR count). The van der Waals surface area contributed by atoms with Crippen molar-refractivity contribution in [2.24, 2.45) is 5.73 Å². The molecule has 1 unspecified atom stereocenters. The van der Waals surface area contributed by atoms with Crippen LogP contribution < -0.4 is 10.5 Å². The molecule has 1 aromatic rings. The Balaban J connectivity index is 2.80. The number of thioether (sulfide) groups is 1. The average molecular weight is 272 g/mol. The number of likely N-dealkylation sites (N-methyl/N-ethyl adjacent to an activating group) is 1. The lowest BCUT2D eigenvalue weighted by Gasteiger charge is -2.17. The van der Waals surface area contributed by atoms with Crippen LogP contribution in [-0.2, 0) is 6.54 Å². The molecule has 6 heteroatoms. The second-order valence-corrected chi connectivity index (χ2v) is 5.71. The van der Waals surface area contributed by atoms with Gasteiger partial charge in [0.2, 0.25) is 0 Å². The number of hydrogen-bond acceptors (Lipinski definition) is 5. The third kappa shape index (κ3) is 4.19. The van der Waals surface area contributed by atoms with Gasteiger partial charge in [0.15, 0.2) is 5.75 Å². The Hall–Kier alpha value is -0.720. The second kappa shape index (κ2) is 7.66. The van der Waals surface area contributed by atoms with Crippen LogP contribution >= 0.6 is 11.8 Å². The molecule has 18 heavy (non-hydrogen) atoms. The Morgan fingerprint density at radius 2 is 2.28 bits per heavy atom. The number of ether oxygens (including phenoxy) is 1. The topological polar surface area (TPSA) is 56.3 Å². The Morgan fingerprint density at radius 3 is 2.83 bits per heavy atom. The van der Waals surface area contributed by atoms with E-state index in [2.05, 4.69) is 16.9 Å². The van der Waals surface area contributed by atoms with E-state index < -0.39 is 0 Å². The van der Waals surface area contributed by atoms with E-state index in [4.69, 9.17) is 10.5 Å². The molecule has 1 aromatic heterocycles. The molecule has 1 heterocycles. The highest BCUT2D eigenvalue weighted by Gasteiger charge is 2.18. The average Bonchev–Trinajstić information content (AvgIpc) is 2.76. The summed E-state index contributed by atoms with van der Waals surface area (Å²) in [4.78, 5) is 2.13. The van der Waals surface area contributed by atoms with E-state index in [0.717, 1.165) is 36.0 Å². The van der Waals surface area contributed by atoms with Gasteiger partial charge in [0.1, 0.15) is 0 Å². The van der Waals surface area contributed by atoms with Gasteiger partial charge in [0, 0.05) is 12.3 Å². The summed E-state index contributed by atoms with van der Waals surface area (Å²) in [6.45, 7) is 3.90. The zero-order chi connectivity index (χ0) is 13.5. The summed E-state index contributed by atoms with van der Waals surface area (Å²) in [6, 6.07) is -0.0328. The van der Waals surface area contributed by atoms with Gasteiger partial charge in [-0.25, -0.2) is 0 Å². The summed E-state index contributed by atoms with van der Waals surface area (Å²) >= 11 is 1.83. The third-order valence-electron chi connectivity index (χ3n) is 2.68. The maximum atomic E-state index is 6.23. The molecule has 0 aliphatic carbocycles. The third-order valence-corrected chi connectivity index (χ3v) is 3.68. The summed E-state index contributed by atoms with van der Waals surface area (Å²) in [5.41, 5.74) is 7.23. The zero-order valence-electron chi connectivity index (χ0n) is 11.7.